The van der Waals surface area contributed by atoms with Gasteiger partial charge in [-0.1, -0.05) is 36.4 Å². The van der Waals surface area contributed by atoms with Crippen molar-refractivity contribution in [3.05, 3.63) is 66.0 Å². The molecule has 1 aliphatic rings. The molecule has 1 unspecified atom stereocenters. The number of nitrogens with one attached hydrogen (secondary N) is 1. The van der Waals surface area contributed by atoms with Gasteiger partial charge in [-0.05, 0) is 49.7 Å². The van der Waals surface area contributed by atoms with Crippen LogP contribution < -0.4 is 5.32 Å². The van der Waals surface area contributed by atoms with Crippen molar-refractivity contribution in [3.8, 4) is 0 Å². The molecule has 0 saturated heterocycles. The number of hydrogen-bond donors (Lipinski definition) is 1. The maximum atomic E-state index is 5.65. The Morgan fingerprint density at radius 2 is 1.95 bits per heavy atom. The standard InChI is InChI=1S/C18H21N3S/c1-14(15-7-3-2-4-8-15)20-18(22)21(17-10-11-17)13-16-9-5-6-12-19-16/h2-9,12,14,17H,10-11,13H2,1H3,(H,20,22). The molecule has 1 fully saturated rings. The van der Waals surface area contributed by atoms with Gasteiger partial charge in [-0.3, -0.25) is 4.98 Å². The average Bonchev–Trinajstić information content (AvgIpc) is 3.39. The van der Waals surface area contributed by atoms with E-state index >= 15 is 0 Å². The van der Waals surface area contributed by atoms with E-state index < -0.39 is 0 Å². The first kappa shape index (κ1) is 15.0. The molecule has 0 amide bonds. The maximum Gasteiger partial charge on any atom is 0.170 e. The van der Waals surface area contributed by atoms with Crippen LogP contribution in [0.2, 0.25) is 0 Å². The van der Waals surface area contributed by atoms with E-state index in [1.54, 1.807) is 0 Å². The Kier molecular flexibility index (Phi) is 4.68. The van der Waals surface area contributed by atoms with E-state index in [0.717, 1.165) is 17.4 Å². The third kappa shape index (κ3) is 3.83. The quantitative estimate of drug-likeness (QED) is 0.853. The number of benzene rings is 1. The van der Waals surface area contributed by atoms with Gasteiger partial charge in [0.1, 0.15) is 0 Å². The van der Waals surface area contributed by atoms with Gasteiger partial charge in [0.25, 0.3) is 0 Å². The second-order valence-electron chi connectivity index (χ2n) is 5.76. The highest BCUT2D eigenvalue weighted by Crippen LogP contribution is 2.28. The third-order valence-corrected chi connectivity index (χ3v) is 4.30. The van der Waals surface area contributed by atoms with Crippen LogP contribution in [0, 0.1) is 0 Å². The van der Waals surface area contributed by atoms with Crippen molar-refractivity contribution in [2.45, 2.75) is 38.4 Å². The summed E-state index contributed by atoms with van der Waals surface area (Å²) >= 11 is 5.65. The summed E-state index contributed by atoms with van der Waals surface area (Å²) in [6, 6.07) is 17.2. The Labute approximate surface area is 137 Å². The van der Waals surface area contributed by atoms with E-state index in [4.69, 9.17) is 12.2 Å². The monoisotopic (exact) mass is 311 g/mol. The average molecular weight is 311 g/mol. The van der Waals surface area contributed by atoms with Gasteiger partial charge in [0.05, 0.1) is 18.3 Å². The van der Waals surface area contributed by atoms with E-state index in [1.807, 2.05) is 24.4 Å². The smallest absolute Gasteiger partial charge is 0.170 e. The minimum atomic E-state index is 0.207. The highest BCUT2D eigenvalue weighted by Gasteiger charge is 2.31. The van der Waals surface area contributed by atoms with Gasteiger partial charge in [0, 0.05) is 12.2 Å². The summed E-state index contributed by atoms with van der Waals surface area (Å²) in [6.07, 6.45) is 4.27. The lowest BCUT2D eigenvalue weighted by Crippen LogP contribution is -2.41. The molecule has 114 valence electrons. The van der Waals surface area contributed by atoms with Crippen molar-refractivity contribution in [1.82, 2.24) is 15.2 Å². The minimum Gasteiger partial charge on any atom is -0.356 e. The van der Waals surface area contributed by atoms with Crippen molar-refractivity contribution in [2.75, 3.05) is 0 Å². The van der Waals surface area contributed by atoms with E-state index in [1.165, 1.54) is 18.4 Å². The molecule has 3 rings (SSSR count). The normalized spacial score (nSPS) is 15.1. The molecular formula is C18H21N3S. The molecule has 1 saturated carbocycles. The van der Waals surface area contributed by atoms with Crippen LogP contribution in [0.1, 0.15) is 37.1 Å². The van der Waals surface area contributed by atoms with Crippen LogP contribution in [0.5, 0.6) is 0 Å². The van der Waals surface area contributed by atoms with Crippen molar-refractivity contribution in [2.24, 2.45) is 0 Å². The molecule has 2 aromatic rings. The number of aromatic nitrogens is 1. The summed E-state index contributed by atoms with van der Waals surface area (Å²) in [5, 5.41) is 4.29. The molecule has 0 bridgehead atoms. The molecule has 4 heteroatoms. The van der Waals surface area contributed by atoms with Crippen molar-refractivity contribution >= 4 is 17.3 Å². The Balaban J connectivity index is 1.65. The van der Waals surface area contributed by atoms with Crippen LogP contribution in [0.15, 0.2) is 54.7 Å². The molecule has 1 aliphatic carbocycles. The molecule has 1 N–H and O–H groups in total. The number of rotatable bonds is 5. The lowest BCUT2D eigenvalue weighted by atomic mass is 10.1. The van der Waals surface area contributed by atoms with Gasteiger partial charge >= 0.3 is 0 Å². The topological polar surface area (TPSA) is 28.2 Å². The lowest BCUT2D eigenvalue weighted by Gasteiger charge is -2.28. The number of pyridine rings is 1. The second-order valence-corrected chi connectivity index (χ2v) is 6.15. The predicted molar refractivity (Wildman–Crippen MR) is 93.4 cm³/mol. The van der Waals surface area contributed by atoms with Crippen LogP contribution >= 0.6 is 12.2 Å². The molecule has 22 heavy (non-hydrogen) atoms. The fourth-order valence-electron chi connectivity index (χ4n) is 2.51. The molecule has 3 nitrogen and oxygen atoms in total. The first-order valence-electron chi connectivity index (χ1n) is 7.76. The van der Waals surface area contributed by atoms with E-state index in [2.05, 4.69) is 52.5 Å². The van der Waals surface area contributed by atoms with Crippen molar-refractivity contribution < 1.29 is 0 Å². The fraction of sp³-hybridized carbons (Fsp3) is 0.333. The van der Waals surface area contributed by atoms with Crippen molar-refractivity contribution in [3.63, 3.8) is 0 Å². The summed E-state index contributed by atoms with van der Waals surface area (Å²) in [5.41, 5.74) is 2.31. The maximum absolute atomic E-state index is 5.65. The number of nitrogens with zero attached hydrogens (tertiary/aromatic N) is 2. The molecule has 0 radical (unpaired) electrons. The van der Waals surface area contributed by atoms with Crippen LogP contribution in [-0.2, 0) is 6.54 Å². The Bertz CT molecular complexity index is 611. The minimum absolute atomic E-state index is 0.207. The zero-order valence-corrected chi connectivity index (χ0v) is 13.6. The summed E-state index contributed by atoms with van der Waals surface area (Å²) in [6.45, 7) is 2.92. The summed E-state index contributed by atoms with van der Waals surface area (Å²) in [7, 11) is 0. The summed E-state index contributed by atoms with van der Waals surface area (Å²) in [4.78, 5) is 6.69. The number of hydrogen-bond acceptors (Lipinski definition) is 2. The molecular weight excluding hydrogens is 290 g/mol. The molecule has 1 atom stereocenters. The van der Waals surface area contributed by atoms with Gasteiger partial charge in [-0.2, -0.15) is 0 Å². The van der Waals surface area contributed by atoms with Crippen LogP contribution in [0.4, 0.5) is 0 Å². The van der Waals surface area contributed by atoms with Crippen LogP contribution in [-0.4, -0.2) is 21.0 Å². The lowest BCUT2D eigenvalue weighted by molar-refractivity contribution is 0.386. The third-order valence-electron chi connectivity index (χ3n) is 3.95. The van der Waals surface area contributed by atoms with E-state index in [-0.39, 0.29) is 6.04 Å². The highest BCUT2D eigenvalue weighted by atomic mass is 32.1. The van der Waals surface area contributed by atoms with E-state index in [9.17, 15) is 0 Å². The predicted octanol–water partition coefficient (Wildman–Crippen LogP) is 3.68. The molecule has 0 spiro atoms. The molecule has 1 aromatic carbocycles. The second kappa shape index (κ2) is 6.88. The largest absolute Gasteiger partial charge is 0.356 e. The number of thiocarbonyl (C=S) groups is 1. The zero-order chi connectivity index (χ0) is 15.4. The SMILES string of the molecule is CC(NC(=S)N(Cc1ccccn1)C1CC1)c1ccccc1. The summed E-state index contributed by atoms with van der Waals surface area (Å²) < 4.78 is 0. The zero-order valence-electron chi connectivity index (χ0n) is 12.8. The first-order valence-corrected chi connectivity index (χ1v) is 8.17. The Morgan fingerprint density at radius 3 is 2.59 bits per heavy atom. The van der Waals surface area contributed by atoms with Crippen molar-refractivity contribution in [1.29, 1.82) is 0 Å². The van der Waals surface area contributed by atoms with E-state index in [0.29, 0.717) is 6.04 Å². The summed E-state index contributed by atoms with van der Waals surface area (Å²) in [5.74, 6) is 0. The highest BCUT2D eigenvalue weighted by molar-refractivity contribution is 7.80. The fourth-order valence-corrected chi connectivity index (χ4v) is 2.90. The Hall–Kier alpha value is -1.94. The molecule has 1 heterocycles. The molecule has 1 aromatic heterocycles. The van der Waals surface area contributed by atoms with Crippen LogP contribution in [0.25, 0.3) is 0 Å². The van der Waals surface area contributed by atoms with Crippen LogP contribution in [0.3, 0.4) is 0 Å². The van der Waals surface area contributed by atoms with Gasteiger partial charge in [-0.25, -0.2) is 0 Å². The van der Waals surface area contributed by atoms with Gasteiger partial charge in [0.2, 0.25) is 0 Å². The first-order chi connectivity index (χ1) is 10.7. The molecule has 0 aliphatic heterocycles. The Morgan fingerprint density at radius 1 is 1.23 bits per heavy atom. The van der Waals surface area contributed by atoms with Gasteiger partial charge in [0.15, 0.2) is 5.11 Å². The van der Waals surface area contributed by atoms with Gasteiger partial charge in [-0.15, -0.1) is 0 Å². The van der Waals surface area contributed by atoms with Gasteiger partial charge < -0.3 is 10.2 Å².